The van der Waals surface area contributed by atoms with Gasteiger partial charge in [0.05, 0.1) is 6.10 Å². The van der Waals surface area contributed by atoms with Crippen LogP contribution in [0.2, 0.25) is 0 Å². The Labute approximate surface area is 85.2 Å². The van der Waals surface area contributed by atoms with E-state index < -0.39 is 0 Å². The van der Waals surface area contributed by atoms with Gasteiger partial charge in [0.2, 0.25) is 0 Å². The predicted octanol–water partition coefficient (Wildman–Crippen LogP) is 1.83. The third kappa shape index (κ3) is 3.29. The van der Waals surface area contributed by atoms with Crippen molar-refractivity contribution in [1.82, 2.24) is 4.90 Å². The van der Waals surface area contributed by atoms with Crippen molar-refractivity contribution < 1.29 is 5.11 Å². The van der Waals surface area contributed by atoms with Crippen molar-refractivity contribution in [2.45, 2.75) is 25.9 Å². The van der Waals surface area contributed by atoms with Crippen LogP contribution >= 0.6 is 11.6 Å². The van der Waals surface area contributed by atoms with Crippen molar-refractivity contribution in [3.8, 4) is 0 Å². The molecular formula is C10H18ClNO. The van der Waals surface area contributed by atoms with Crippen LogP contribution in [0.4, 0.5) is 0 Å². The molecule has 0 saturated carbocycles. The van der Waals surface area contributed by atoms with Gasteiger partial charge in [-0.25, -0.2) is 0 Å². The minimum atomic E-state index is -0.0961. The molecule has 1 rings (SSSR count). The van der Waals surface area contributed by atoms with Gasteiger partial charge in [-0.3, -0.25) is 4.90 Å². The van der Waals surface area contributed by atoms with Gasteiger partial charge in [-0.2, -0.15) is 0 Å². The molecule has 2 nitrogen and oxygen atoms in total. The zero-order valence-corrected chi connectivity index (χ0v) is 8.87. The van der Waals surface area contributed by atoms with Crippen LogP contribution in [-0.2, 0) is 0 Å². The summed E-state index contributed by atoms with van der Waals surface area (Å²) in [5, 5.41) is 9.64. The largest absolute Gasteiger partial charge is 0.393 e. The number of rotatable bonds is 3. The first-order valence-corrected chi connectivity index (χ1v) is 5.37. The normalized spacial score (nSPS) is 31.3. The van der Waals surface area contributed by atoms with Gasteiger partial charge in [-0.15, -0.1) is 0 Å². The molecule has 0 aromatic carbocycles. The van der Waals surface area contributed by atoms with E-state index in [2.05, 4.69) is 11.8 Å². The standard InChI is InChI=1S/C10H18ClNO/c1-2-9-8-12(6-3-5-11)7-4-10(9)13/h3,5,9-10,13H,2,4,6-8H2,1H3/b5-3+. The van der Waals surface area contributed by atoms with E-state index in [1.54, 1.807) is 5.54 Å². The van der Waals surface area contributed by atoms with Gasteiger partial charge in [0.1, 0.15) is 0 Å². The van der Waals surface area contributed by atoms with Crippen LogP contribution in [0.3, 0.4) is 0 Å². The van der Waals surface area contributed by atoms with Gasteiger partial charge in [0.25, 0.3) is 0 Å². The van der Waals surface area contributed by atoms with Crippen LogP contribution in [0.1, 0.15) is 19.8 Å². The fourth-order valence-corrected chi connectivity index (χ4v) is 1.93. The van der Waals surface area contributed by atoms with E-state index >= 15 is 0 Å². The minimum Gasteiger partial charge on any atom is -0.393 e. The SMILES string of the molecule is CCC1CN(C/C=C/Cl)CCC1O. The molecule has 1 aliphatic heterocycles. The van der Waals surface area contributed by atoms with Gasteiger partial charge in [0.15, 0.2) is 0 Å². The van der Waals surface area contributed by atoms with Crippen molar-refractivity contribution in [2.24, 2.45) is 5.92 Å². The van der Waals surface area contributed by atoms with Crippen LogP contribution in [0, 0.1) is 5.92 Å². The molecule has 0 bridgehead atoms. The molecule has 1 heterocycles. The third-order valence-corrected chi connectivity index (χ3v) is 2.93. The van der Waals surface area contributed by atoms with Crippen molar-refractivity contribution in [2.75, 3.05) is 19.6 Å². The molecule has 0 aromatic rings. The van der Waals surface area contributed by atoms with Gasteiger partial charge in [0, 0.05) is 25.2 Å². The van der Waals surface area contributed by atoms with Crippen molar-refractivity contribution >= 4 is 11.6 Å². The molecule has 3 heteroatoms. The van der Waals surface area contributed by atoms with Crippen LogP contribution in [0.25, 0.3) is 0 Å². The smallest absolute Gasteiger partial charge is 0.0592 e. The molecule has 76 valence electrons. The minimum absolute atomic E-state index is 0.0961. The van der Waals surface area contributed by atoms with Crippen LogP contribution < -0.4 is 0 Å². The highest BCUT2D eigenvalue weighted by Gasteiger charge is 2.25. The first-order valence-electron chi connectivity index (χ1n) is 4.93. The lowest BCUT2D eigenvalue weighted by Gasteiger charge is -2.35. The van der Waals surface area contributed by atoms with Gasteiger partial charge in [-0.05, 0) is 18.8 Å². The fourth-order valence-electron chi connectivity index (χ4n) is 1.85. The van der Waals surface area contributed by atoms with Crippen LogP contribution in [-0.4, -0.2) is 35.7 Å². The summed E-state index contributed by atoms with van der Waals surface area (Å²) in [5.74, 6) is 0.442. The monoisotopic (exact) mass is 203 g/mol. The summed E-state index contributed by atoms with van der Waals surface area (Å²) in [6, 6.07) is 0. The topological polar surface area (TPSA) is 23.5 Å². The maximum atomic E-state index is 9.64. The quantitative estimate of drug-likeness (QED) is 0.757. The van der Waals surface area contributed by atoms with E-state index in [4.69, 9.17) is 11.6 Å². The molecule has 0 radical (unpaired) electrons. The molecule has 0 aliphatic carbocycles. The van der Waals surface area contributed by atoms with E-state index in [1.807, 2.05) is 6.08 Å². The Hall–Kier alpha value is -0.0500. The van der Waals surface area contributed by atoms with E-state index in [9.17, 15) is 5.11 Å². The number of halogens is 1. The summed E-state index contributed by atoms with van der Waals surface area (Å²) >= 11 is 5.46. The maximum Gasteiger partial charge on any atom is 0.0592 e. The second-order valence-corrected chi connectivity index (χ2v) is 3.90. The van der Waals surface area contributed by atoms with Gasteiger partial charge >= 0.3 is 0 Å². The lowest BCUT2D eigenvalue weighted by atomic mass is 9.92. The lowest BCUT2D eigenvalue weighted by Crippen LogP contribution is -2.42. The average molecular weight is 204 g/mol. The molecule has 0 amide bonds. The van der Waals surface area contributed by atoms with Crippen molar-refractivity contribution in [3.63, 3.8) is 0 Å². The van der Waals surface area contributed by atoms with Crippen LogP contribution in [0.5, 0.6) is 0 Å². The molecule has 1 aliphatic rings. The van der Waals surface area contributed by atoms with Crippen molar-refractivity contribution in [3.05, 3.63) is 11.6 Å². The summed E-state index contributed by atoms with van der Waals surface area (Å²) in [6.45, 7) is 5.03. The highest BCUT2D eigenvalue weighted by Crippen LogP contribution is 2.19. The Bertz CT molecular complexity index is 172. The maximum absolute atomic E-state index is 9.64. The Kier molecular flexibility index (Phi) is 4.78. The Morgan fingerprint density at radius 1 is 1.62 bits per heavy atom. The molecule has 13 heavy (non-hydrogen) atoms. The molecule has 2 unspecified atom stereocenters. The second-order valence-electron chi connectivity index (χ2n) is 3.65. The summed E-state index contributed by atoms with van der Waals surface area (Å²) < 4.78 is 0. The van der Waals surface area contributed by atoms with Crippen molar-refractivity contribution in [1.29, 1.82) is 0 Å². The predicted molar refractivity (Wildman–Crippen MR) is 55.8 cm³/mol. The first-order chi connectivity index (χ1) is 6.27. The Morgan fingerprint density at radius 3 is 3.00 bits per heavy atom. The zero-order chi connectivity index (χ0) is 9.68. The van der Waals surface area contributed by atoms with Gasteiger partial charge in [-0.1, -0.05) is 24.6 Å². The molecule has 2 atom stereocenters. The van der Waals surface area contributed by atoms with E-state index in [-0.39, 0.29) is 6.10 Å². The molecule has 1 fully saturated rings. The van der Waals surface area contributed by atoms with E-state index in [1.165, 1.54) is 0 Å². The lowest BCUT2D eigenvalue weighted by molar-refractivity contribution is 0.0295. The second kappa shape index (κ2) is 5.63. The zero-order valence-electron chi connectivity index (χ0n) is 8.12. The molecule has 1 N–H and O–H groups in total. The summed E-state index contributed by atoms with van der Waals surface area (Å²) in [4.78, 5) is 2.33. The number of aliphatic hydroxyl groups is 1. The first kappa shape index (κ1) is 11.0. The average Bonchev–Trinajstić information content (AvgIpc) is 2.16. The molecule has 0 aromatic heterocycles. The molecular weight excluding hydrogens is 186 g/mol. The third-order valence-electron chi connectivity index (χ3n) is 2.76. The number of nitrogens with zero attached hydrogens (tertiary/aromatic N) is 1. The fraction of sp³-hybridized carbons (Fsp3) is 0.800. The van der Waals surface area contributed by atoms with E-state index in [0.717, 1.165) is 32.5 Å². The number of hydrogen-bond acceptors (Lipinski definition) is 2. The highest BCUT2D eigenvalue weighted by molar-refractivity contribution is 6.25. The number of hydrogen-bond donors (Lipinski definition) is 1. The summed E-state index contributed by atoms with van der Waals surface area (Å²) in [7, 11) is 0. The summed E-state index contributed by atoms with van der Waals surface area (Å²) in [5.41, 5.74) is 1.56. The highest BCUT2D eigenvalue weighted by atomic mass is 35.5. The van der Waals surface area contributed by atoms with Crippen LogP contribution in [0.15, 0.2) is 11.6 Å². The summed E-state index contributed by atoms with van der Waals surface area (Å²) in [6.07, 6.45) is 3.81. The van der Waals surface area contributed by atoms with E-state index in [0.29, 0.717) is 5.92 Å². The molecule has 0 spiro atoms. The Morgan fingerprint density at radius 2 is 2.38 bits per heavy atom. The number of likely N-dealkylation sites (tertiary alicyclic amines) is 1. The number of piperidine rings is 1. The van der Waals surface area contributed by atoms with Gasteiger partial charge < -0.3 is 5.11 Å². The molecule has 1 saturated heterocycles. The number of aliphatic hydroxyl groups excluding tert-OH is 1. The Balaban J connectivity index is 2.35.